The van der Waals surface area contributed by atoms with Crippen molar-refractivity contribution in [2.75, 3.05) is 26.7 Å². The van der Waals surface area contributed by atoms with Gasteiger partial charge in [0.1, 0.15) is 0 Å². The summed E-state index contributed by atoms with van der Waals surface area (Å²) in [7, 11) is 1.62. The SMILES string of the molecule is CC#CCN1CCC(C#N)(OC)CC1. The number of hydrogen-bond donors (Lipinski definition) is 0. The third-order valence-corrected chi connectivity index (χ3v) is 2.74. The maximum atomic E-state index is 8.98. The summed E-state index contributed by atoms with van der Waals surface area (Å²) in [6, 6.07) is 2.26. The number of hydrogen-bond acceptors (Lipinski definition) is 3. The number of piperidine rings is 1. The molecule has 1 aliphatic rings. The van der Waals surface area contributed by atoms with Crippen LogP contribution in [0.5, 0.6) is 0 Å². The zero-order chi connectivity index (χ0) is 10.4. The summed E-state index contributed by atoms with van der Waals surface area (Å²) in [6.07, 6.45) is 1.57. The molecule has 0 aromatic carbocycles. The molecule has 3 heteroatoms. The van der Waals surface area contributed by atoms with Crippen LogP contribution in [0.3, 0.4) is 0 Å². The highest BCUT2D eigenvalue weighted by atomic mass is 16.5. The first-order valence-electron chi connectivity index (χ1n) is 4.85. The molecule has 0 N–H and O–H groups in total. The molecule has 0 saturated carbocycles. The van der Waals surface area contributed by atoms with Gasteiger partial charge in [0.2, 0.25) is 0 Å². The molecule has 0 amide bonds. The Morgan fingerprint density at radius 2 is 2.07 bits per heavy atom. The Hall–Kier alpha value is -1.03. The van der Waals surface area contributed by atoms with E-state index in [2.05, 4.69) is 22.8 Å². The van der Waals surface area contributed by atoms with Gasteiger partial charge in [0.05, 0.1) is 12.6 Å². The number of rotatable bonds is 2. The summed E-state index contributed by atoms with van der Waals surface area (Å²) in [4.78, 5) is 2.26. The van der Waals surface area contributed by atoms with Crippen molar-refractivity contribution >= 4 is 0 Å². The normalized spacial score (nSPS) is 20.6. The molecule has 0 unspecified atom stereocenters. The molecule has 1 saturated heterocycles. The summed E-state index contributed by atoms with van der Waals surface area (Å²) < 4.78 is 5.26. The first kappa shape index (κ1) is 11.0. The quantitative estimate of drug-likeness (QED) is 0.613. The summed E-state index contributed by atoms with van der Waals surface area (Å²) in [5.74, 6) is 5.91. The number of ether oxygens (including phenoxy) is 1. The summed E-state index contributed by atoms with van der Waals surface area (Å²) in [6.45, 7) is 4.45. The fourth-order valence-corrected chi connectivity index (χ4v) is 1.62. The Kier molecular flexibility index (Phi) is 3.95. The number of nitrogens with zero attached hydrogens (tertiary/aromatic N) is 2. The molecular weight excluding hydrogens is 176 g/mol. The van der Waals surface area contributed by atoms with E-state index < -0.39 is 5.60 Å². The predicted molar refractivity (Wildman–Crippen MR) is 54.5 cm³/mol. The molecule has 0 spiro atoms. The van der Waals surface area contributed by atoms with Crippen molar-refractivity contribution < 1.29 is 4.74 Å². The topological polar surface area (TPSA) is 36.3 Å². The van der Waals surface area contributed by atoms with Gasteiger partial charge in [-0.1, -0.05) is 5.92 Å². The van der Waals surface area contributed by atoms with Crippen LogP contribution in [0.15, 0.2) is 0 Å². The summed E-state index contributed by atoms with van der Waals surface area (Å²) in [5.41, 5.74) is -0.545. The van der Waals surface area contributed by atoms with Crippen LogP contribution < -0.4 is 0 Å². The smallest absolute Gasteiger partial charge is 0.156 e. The zero-order valence-electron chi connectivity index (χ0n) is 8.84. The van der Waals surface area contributed by atoms with E-state index in [9.17, 15) is 0 Å². The van der Waals surface area contributed by atoms with Crippen molar-refractivity contribution in [3.05, 3.63) is 0 Å². The van der Waals surface area contributed by atoms with Crippen LogP contribution in [0.4, 0.5) is 0 Å². The van der Waals surface area contributed by atoms with Gasteiger partial charge in [-0.25, -0.2) is 0 Å². The van der Waals surface area contributed by atoms with Crippen LogP contribution in [0.25, 0.3) is 0 Å². The molecule has 3 nitrogen and oxygen atoms in total. The molecular formula is C11H16N2O. The number of nitriles is 1. The van der Waals surface area contributed by atoms with Gasteiger partial charge >= 0.3 is 0 Å². The molecule has 0 aliphatic carbocycles. The molecule has 0 radical (unpaired) electrons. The Labute approximate surface area is 85.6 Å². The minimum Gasteiger partial charge on any atom is -0.363 e. The van der Waals surface area contributed by atoms with Crippen molar-refractivity contribution in [3.8, 4) is 17.9 Å². The van der Waals surface area contributed by atoms with Gasteiger partial charge in [0, 0.05) is 33.0 Å². The number of methoxy groups -OCH3 is 1. The molecule has 76 valence electrons. The van der Waals surface area contributed by atoms with Crippen LogP contribution in [-0.4, -0.2) is 37.2 Å². The maximum absolute atomic E-state index is 8.98. The lowest BCUT2D eigenvalue weighted by molar-refractivity contribution is -0.0112. The predicted octanol–water partition coefficient (Wildman–Crippen LogP) is 1.01. The van der Waals surface area contributed by atoms with Crippen molar-refractivity contribution in [3.63, 3.8) is 0 Å². The first-order valence-corrected chi connectivity index (χ1v) is 4.85. The van der Waals surface area contributed by atoms with Gasteiger partial charge < -0.3 is 4.74 Å². The Morgan fingerprint density at radius 3 is 2.50 bits per heavy atom. The van der Waals surface area contributed by atoms with E-state index >= 15 is 0 Å². The van der Waals surface area contributed by atoms with Crippen LogP contribution in [-0.2, 0) is 4.74 Å². The Bertz CT molecular complexity index is 274. The van der Waals surface area contributed by atoms with Gasteiger partial charge in [-0.3, -0.25) is 4.90 Å². The fraction of sp³-hybridized carbons (Fsp3) is 0.727. The van der Waals surface area contributed by atoms with Crippen molar-refractivity contribution in [2.24, 2.45) is 0 Å². The van der Waals surface area contributed by atoms with Crippen molar-refractivity contribution in [1.29, 1.82) is 5.26 Å². The first-order chi connectivity index (χ1) is 6.76. The zero-order valence-corrected chi connectivity index (χ0v) is 8.84. The second-order valence-electron chi connectivity index (χ2n) is 3.51. The van der Waals surface area contributed by atoms with E-state index in [1.807, 2.05) is 6.92 Å². The van der Waals surface area contributed by atoms with Crippen molar-refractivity contribution in [1.82, 2.24) is 4.90 Å². The van der Waals surface area contributed by atoms with Gasteiger partial charge in [-0.05, 0) is 6.92 Å². The highest BCUT2D eigenvalue weighted by molar-refractivity contribution is 5.06. The lowest BCUT2D eigenvalue weighted by atomic mass is 9.93. The van der Waals surface area contributed by atoms with E-state index in [0.29, 0.717) is 0 Å². The maximum Gasteiger partial charge on any atom is 0.156 e. The molecule has 1 aliphatic heterocycles. The van der Waals surface area contributed by atoms with Gasteiger partial charge in [-0.15, -0.1) is 5.92 Å². The molecule has 1 heterocycles. The molecule has 0 aromatic heterocycles. The fourth-order valence-electron chi connectivity index (χ4n) is 1.62. The monoisotopic (exact) mass is 192 g/mol. The summed E-state index contributed by atoms with van der Waals surface area (Å²) >= 11 is 0. The third-order valence-electron chi connectivity index (χ3n) is 2.74. The van der Waals surface area contributed by atoms with E-state index in [-0.39, 0.29) is 0 Å². The number of likely N-dealkylation sites (tertiary alicyclic amines) is 1. The summed E-state index contributed by atoms with van der Waals surface area (Å²) in [5, 5.41) is 8.98. The van der Waals surface area contributed by atoms with Gasteiger partial charge in [0.25, 0.3) is 0 Å². The lowest BCUT2D eigenvalue weighted by Crippen LogP contribution is -2.44. The van der Waals surface area contributed by atoms with Crippen molar-refractivity contribution in [2.45, 2.75) is 25.4 Å². The largest absolute Gasteiger partial charge is 0.363 e. The van der Waals surface area contributed by atoms with Gasteiger partial charge in [0.15, 0.2) is 5.60 Å². The highest BCUT2D eigenvalue weighted by Gasteiger charge is 2.34. The van der Waals surface area contributed by atoms with Crippen LogP contribution in [0, 0.1) is 23.2 Å². The van der Waals surface area contributed by atoms with Crippen LogP contribution in [0.1, 0.15) is 19.8 Å². The second kappa shape index (κ2) is 5.00. The molecule has 14 heavy (non-hydrogen) atoms. The molecule has 1 fully saturated rings. The minimum atomic E-state index is -0.545. The Balaban J connectivity index is 2.44. The van der Waals surface area contributed by atoms with E-state index in [4.69, 9.17) is 10.00 Å². The van der Waals surface area contributed by atoms with Gasteiger partial charge in [-0.2, -0.15) is 5.26 Å². The lowest BCUT2D eigenvalue weighted by Gasteiger charge is -2.35. The molecule has 0 aromatic rings. The molecule has 1 rings (SSSR count). The highest BCUT2D eigenvalue weighted by Crippen LogP contribution is 2.24. The standard InChI is InChI=1S/C11H16N2O/c1-3-4-7-13-8-5-11(10-12,14-2)6-9-13/h5-9H2,1-2H3. The average molecular weight is 192 g/mol. The molecule has 0 atom stereocenters. The minimum absolute atomic E-state index is 0.545. The van der Waals surface area contributed by atoms with E-state index in [1.165, 1.54) is 0 Å². The van der Waals surface area contributed by atoms with Crippen LogP contribution in [0.2, 0.25) is 0 Å². The third kappa shape index (κ3) is 2.48. The average Bonchev–Trinajstić information content (AvgIpc) is 2.27. The second-order valence-corrected chi connectivity index (χ2v) is 3.51. The molecule has 0 bridgehead atoms. The van der Waals surface area contributed by atoms with E-state index in [1.54, 1.807) is 7.11 Å². The van der Waals surface area contributed by atoms with Crippen LogP contribution >= 0.6 is 0 Å². The Morgan fingerprint density at radius 1 is 1.43 bits per heavy atom. The van der Waals surface area contributed by atoms with E-state index in [0.717, 1.165) is 32.5 Å².